The number of hydrogen-bond donors (Lipinski definition) is 1. The number of methoxy groups -OCH3 is 4. The molecule has 0 bridgehead atoms. The lowest BCUT2D eigenvalue weighted by Crippen LogP contribution is -2.15. The molecule has 1 unspecified atom stereocenters. The van der Waals surface area contributed by atoms with Crippen molar-refractivity contribution in [2.24, 2.45) is 0 Å². The molecule has 1 N–H and O–H groups in total. The third-order valence-electron chi connectivity index (χ3n) is 4.80. The standard InChI is InChI=1S/C22H25FN2O4.CH2O2/c1-14(26-2)13-25-9-8-24-22(25)17-11-16(20(28-4)12-21(17)29-5)15-6-7-19(27-3)18(23)10-15;2-1-3/h6-12,14H,13H2,1-5H3;1H,(H,2,3). The second kappa shape index (κ2) is 11.7. The Balaban J connectivity index is 0.00000114. The van der Waals surface area contributed by atoms with Crippen molar-refractivity contribution in [3.63, 3.8) is 0 Å². The molecule has 9 heteroatoms. The summed E-state index contributed by atoms with van der Waals surface area (Å²) in [5.74, 6) is 1.64. The zero-order valence-corrected chi connectivity index (χ0v) is 18.7. The lowest BCUT2D eigenvalue weighted by Gasteiger charge is -2.17. The van der Waals surface area contributed by atoms with Gasteiger partial charge in [-0.15, -0.1) is 0 Å². The first-order valence-corrected chi connectivity index (χ1v) is 9.66. The third kappa shape index (κ3) is 5.55. The molecule has 1 aromatic heterocycles. The SMILES string of the molecule is COc1ccc(-c2cc(-c3nccn3CC(C)OC)c(OC)cc2OC)cc1F.O=CO. The van der Waals surface area contributed by atoms with Gasteiger partial charge in [0.05, 0.1) is 39.5 Å². The molecule has 0 saturated carbocycles. The van der Waals surface area contributed by atoms with Crippen molar-refractivity contribution in [3.05, 3.63) is 48.5 Å². The summed E-state index contributed by atoms with van der Waals surface area (Å²) < 4.78 is 37.9. The zero-order chi connectivity index (χ0) is 23.7. The molecule has 0 amide bonds. The second-order valence-corrected chi connectivity index (χ2v) is 6.66. The van der Waals surface area contributed by atoms with E-state index in [1.54, 1.807) is 45.7 Å². The van der Waals surface area contributed by atoms with Gasteiger partial charge in [-0.05, 0) is 30.7 Å². The van der Waals surface area contributed by atoms with Gasteiger partial charge in [-0.1, -0.05) is 6.07 Å². The van der Waals surface area contributed by atoms with Crippen LogP contribution in [0.15, 0.2) is 42.7 Å². The molecule has 0 spiro atoms. The van der Waals surface area contributed by atoms with Gasteiger partial charge in [0, 0.05) is 31.1 Å². The Morgan fingerprint density at radius 2 is 1.66 bits per heavy atom. The molecule has 8 nitrogen and oxygen atoms in total. The van der Waals surface area contributed by atoms with E-state index in [1.807, 2.05) is 23.8 Å². The number of imidazole rings is 1. The highest BCUT2D eigenvalue weighted by molar-refractivity contribution is 5.80. The maximum absolute atomic E-state index is 14.3. The van der Waals surface area contributed by atoms with E-state index in [4.69, 9.17) is 28.8 Å². The summed E-state index contributed by atoms with van der Waals surface area (Å²) in [7, 11) is 6.27. The monoisotopic (exact) mass is 446 g/mol. The fourth-order valence-corrected chi connectivity index (χ4v) is 3.19. The molecular formula is C23H27FN2O6. The first-order valence-electron chi connectivity index (χ1n) is 9.66. The summed E-state index contributed by atoms with van der Waals surface area (Å²) in [5, 5.41) is 6.89. The van der Waals surface area contributed by atoms with Gasteiger partial charge in [-0.3, -0.25) is 4.79 Å². The summed E-state index contributed by atoms with van der Waals surface area (Å²) >= 11 is 0. The van der Waals surface area contributed by atoms with E-state index in [0.717, 1.165) is 17.0 Å². The number of halogens is 1. The predicted molar refractivity (Wildman–Crippen MR) is 118 cm³/mol. The van der Waals surface area contributed by atoms with Crippen LogP contribution in [0, 0.1) is 5.82 Å². The van der Waals surface area contributed by atoms with Crippen LogP contribution in [-0.4, -0.2) is 55.7 Å². The average molecular weight is 446 g/mol. The fraction of sp³-hybridized carbons (Fsp3) is 0.304. The molecular weight excluding hydrogens is 419 g/mol. The molecule has 0 aliphatic heterocycles. The number of ether oxygens (including phenoxy) is 4. The first kappa shape index (κ1) is 24.7. The molecule has 172 valence electrons. The Bertz CT molecular complexity index is 1040. The van der Waals surface area contributed by atoms with Gasteiger partial charge in [0.2, 0.25) is 0 Å². The van der Waals surface area contributed by atoms with E-state index in [1.165, 1.54) is 13.2 Å². The van der Waals surface area contributed by atoms with E-state index in [0.29, 0.717) is 23.6 Å². The highest BCUT2D eigenvalue weighted by atomic mass is 19.1. The quantitative estimate of drug-likeness (QED) is 0.521. The molecule has 0 aliphatic carbocycles. The van der Waals surface area contributed by atoms with Gasteiger partial charge in [0.1, 0.15) is 17.3 Å². The Morgan fingerprint density at radius 3 is 2.22 bits per heavy atom. The van der Waals surface area contributed by atoms with Crippen molar-refractivity contribution >= 4 is 6.47 Å². The van der Waals surface area contributed by atoms with Gasteiger partial charge >= 0.3 is 0 Å². The van der Waals surface area contributed by atoms with Crippen molar-refractivity contribution in [2.75, 3.05) is 28.4 Å². The normalized spacial score (nSPS) is 11.2. The number of carbonyl (C=O) groups is 1. The van der Waals surface area contributed by atoms with Crippen molar-refractivity contribution in [3.8, 4) is 39.8 Å². The summed E-state index contributed by atoms with van der Waals surface area (Å²) in [6.45, 7) is 2.37. The topological polar surface area (TPSA) is 92.0 Å². The Kier molecular flexibility index (Phi) is 9.03. The Morgan fingerprint density at radius 1 is 1.03 bits per heavy atom. The predicted octanol–water partition coefficient (Wildman–Crippen LogP) is 4.12. The van der Waals surface area contributed by atoms with E-state index in [9.17, 15) is 4.39 Å². The van der Waals surface area contributed by atoms with Gasteiger partial charge in [0.25, 0.3) is 6.47 Å². The van der Waals surface area contributed by atoms with E-state index in [-0.39, 0.29) is 18.3 Å². The van der Waals surface area contributed by atoms with Crippen LogP contribution in [0.4, 0.5) is 4.39 Å². The third-order valence-corrected chi connectivity index (χ3v) is 4.80. The highest BCUT2D eigenvalue weighted by Gasteiger charge is 2.19. The number of hydrogen-bond acceptors (Lipinski definition) is 6. The van der Waals surface area contributed by atoms with E-state index < -0.39 is 5.82 Å². The van der Waals surface area contributed by atoms with Crippen LogP contribution in [0.25, 0.3) is 22.5 Å². The van der Waals surface area contributed by atoms with E-state index in [2.05, 4.69) is 4.98 Å². The van der Waals surface area contributed by atoms with Crippen molar-refractivity contribution in [1.82, 2.24) is 9.55 Å². The molecule has 32 heavy (non-hydrogen) atoms. The number of nitrogens with zero attached hydrogens (tertiary/aromatic N) is 2. The van der Waals surface area contributed by atoms with Crippen molar-refractivity contribution in [2.45, 2.75) is 19.6 Å². The van der Waals surface area contributed by atoms with Crippen LogP contribution in [-0.2, 0) is 16.1 Å². The minimum Gasteiger partial charge on any atom is -0.496 e. The maximum Gasteiger partial charge on any atom is 0.290 e. The second-order valence-electron chi connectivity index (χ2n) is 6.66. The molecule has 0 aliphatic rings. The van der Waals surface area contributed by atoms with Gasteiger partial charge in [-0.25, -0.2) is 9.37 Å². The Labute approximate surface area is 186 Å². The first-order chi connectivity index (χ1) is 15.4. The largest absolute Gasteiger partial charge is 0.496 e. The summed E-state index contributed by atoms with van der Waals surface area (Å²) in [6, 6.07) is 8.48. The highest BCUT2D eigenvalue weighted by Crippen LogP contribution is 2.41. The smallest absolute Gasteiger partial charge is 0.290 e. The van der Waals surface area contributed by atoms with Crippen LogP contribution in [0.2, 0.25) is 0 Å². The van der Waals surface area contributed by atoms with Crippen LogP contribution < -0.4 is 14.2 Å². The summed E-state index contributed by atoms with van der Waals surface area (Å²) in [6.07, 6.45) is 3.64. The van der Waals surface area contributed by atoms with Crippen molar-refractivity contribution < 1.29 is 33.2 Å². The van der Waals surface area contributed by atoms with Gasteiger partial charge in [-0.2, -0.15) is 0 Å². The lowest BCUT2D eigenvalue weighted by atomic mass is 10.00. The van der Waals surface area contributed by atoms with Crippen LogP contribution >= 0.6 is 0 Å². The number of carboxylic acid groups (broad SMARTS) is 1. The zero-order valence-electron chi connectivity index (χ0n) is 18.7. The van der Waals surface area contributed by atoms with Crippen LogP contribution in [0.1, 0.15) is 6.92 Å². The van der Waals surface area contributed by atoms with Crippen molar-refractivity contribution in [1.29, 1.82) is 0 Å². The average Bonchev–Trinajstić information content (AvgIpc) is 3.26. The maximum atomic E-state index is 14.3. The molecule has 0 saturated heterocycles. The Hall–Kier alpha value is -3.59. The number of rotatable bonds is 8. The molecule has 0 fully saturated rings. The minimum atomic E-state index is -0.445. The van der Waals surface area contributed by atoms with Crippen LogP contribution in [0.3, 0.4) is 0 Å². The lowest BCUT2D eigenvalue weighted by molar-refractivity contribution is -0.122. The summed E-state index contributed by atoms with van der Waals surface area (Å²) in [4.78, 5) is 12.9. The molecule has 0 radical (unpaired) electrons. The number of benzene rings is 2. The number of aromatic nitrogens is 2. The van der Waals surface area contributed by atoms with Gasteiger partial charge < -0.3 is 28.6 Å². The molecule has 1 heterocycles. The summed E-state index contributed by atoms with van der Waals surface area (Å²) in [5.41, 5.74) is 2.15. The molecule has 2 aromatic carbocycles. The van der Waals surface area contributed by atoms with Gasteiger partial charge in [0.15, 0.2) is 11.6 Å². The minimum absolute atomic E-state index is 0.0161. The molecule has 1 atom stereocenters. The fourth-order valence-electron chi connectivity index (χ4n) is 3.19. The van der Waals surface area contributed by atoms with Crippen LogP contribution in [0.5, 0.6) is 17.2 Å². The van der Waals surface area contributed by atoms with E-state index >= 15 is 0 Å². The molecule has 3 aromatic rings. The molecule has 3 rings (SSSR count).